The van der Waals surface area contributed by atoms with Gasteiger partial charge in [-0.1, -0.05) is 6.92 Å². The summed E-state index contributed by atoms with van der Waals surface area (Å²) >= 11 is 0. The van der Waals surface area contributed by atoms with E-state index in [1.165, 1.54) is 24.3 Å². The Labute approximate surface area is 89.1 Å². The molecule has 3 heteroatoms. The number of allylic oxidation sites excluding steroid dienone is 1. The molecule has 1 heterocycles. The molecule has 0 aromatic heterocycles. The van der Waals surface area contributed by atoms with Gasteiger partial charge in [-0.15, -0.1) is 0 Å². The zero-order valence-corrected chi connectivity index (χ0v) is 11.2. The highest BCUT2D eigenvalue weighted by Gasteiger charge is 2.24. The molecular weight excluding hydrogens is 190 g/mol. The van der Waals surface area contributed by atoms with Gasteiger partial charge in [0.2, 0.25) is 8.32 Å². The van der Waals surface area contributed by atoms with Crippen molar-refractivity contribution in [3.8, 4) is 0 Å². The smallest absolute Gasteiger partial charge is 0.244 e. The minimum atomic E-state index is -1.44. The van der Waals surface area contributed by atoms with E-state index in [1.807, 2.05) is 0 Å². The van der Waals surface area contributed by atoms with Crippen LogP contribution >= 0.6 is 0 Å². The van der Waals surface area contributed by atoms with Gasteiger partial charge in [0.1, 0.15) is 0 Å². The third kappa shape index (κ3) is 3.05. The van der Waals surface area contributed by atoms with Gasteiger partial charge in [-0.25, -0.2) is 0 Å². The van der Waals surface area contributed by atoms with E-state index in [2.05, 4.69) is 38.5 Å². The summed E-state index contributed by atoms with van der Waals surface area (Å²) in [5.41, 5.74) is 1.50. The topological polar surface area (TPSA) is 12.5 Å². The van der Waals surface area contributed by atoms with Crippen LogP contribution in [0.5, 0.6) is 0 Å². The first-order valence-electron chi connectivity index (χ1n) is 5.56. The van der Waals surface area contributed by atoms with Crippen molar-refractivity contribution in [2.45, 2.75) is 45.8 Å². The Morgan fingerprint density at radius 3 is 2.50 bits per heavy atom. The summed E-state index contributed by atoms with van der Waals surface area (Å²) in [6.45, 7) is 10.1. The second kappa shape index (κ2) is 4.38. The van der Waals surface area contributed by atoms with E-state index in [9.17, 15) is 0 Å². The Bertz CT molecular complexity index is 230. The van der Waals surface area contributed by atoms with Crippen LogP contribution in [0, 0.1) is 0 Å². The monoisotopic (exact) mass is 213 g/mol. The summed E-state index contributed by atoms with van der Waals surface area (Å²) in [5.74, 6) is 1.18. The van der Waals surface area contributed by atoms with Crippen LogP contribution in [0.3, 0.4) is 0 Å². The van der Waals surface area contributed by atoms with E-state index in [-0.39, 0.29) is 0 Å². The highest BCUT2D eigenvalue weighted by atomic mass is 28.4. The van der Waals surface area contributed by atoms with Gasteiger partial charge < -0.3 is 9.33 Å². The third-order valence-corrected chi connectivity index (χ3v) is 3.26. The summed E-state index contributed by atoms with van der Waals surface area (Å²) in [6, 6.07) is 0. The Balaban J connectivity index is 2.82. The van der Waals surface area contributed by atoms with Crippen molar-refractivity contribution in [2.75, 3.05) is 13.6 Å². The van der Waals surface area contributed by atoms with Gasteiger partial charge in [0.05, 0.1) is 0 Å². The van der Waals surface area contributed by atoms with Crippen LogP contribution in [0.1, 0.15) is 26.2 Å². The molecule has 0 atom stereocenters. The molecule has 0 aliphatic carbocycles. The largest absolute Gasteiger partial charge is 0.533 e. The van der Waals surface area contributed by atoms with Gasteiger partial charge in [0, 0.05) is 13.6 Å². The van der Waals surface area contributed by atoms with Crippen molar-refractivity contribution in [3.05, 3.63) is 11.5 Å². The second-order valence-electron chi connectivity index (χ2n) is 5.00. The molecule has 0 spiro atoms. The summed E-state index contributed by atoms with van der Waals surface area (Å²) < 4.78 is 6.14. The van der Waals surface area contributed by atoms with E-state index in [1.54, 1.807) is 0 Å². The Morgan fingerprint density at radius 2 is 2.00 bits per heavy atom. The Hall–Kier alpha value is -0.443. The van der Waals surface area contributed by atoms with Gasteiger partial charge >= 0.3 is 0 Å². The maximum absolute atomic E-state index is 6.14. The number of nitrogens with zero attached hydrogens (tertiary/aromatic N) is 1. The van der Waals surface area contributed by atoms with Crippen LogP contribution in [0.2, 0.25) is 19.6 Å². The molecule has 0 fully saturated rings. The van der Waals surface area contributed by atoms with Crippen LogP contribution in [0.4, 0.5) is 0 Å². The Kier molecular flexibility index (Phi) is 3.64. The van der Waals surface area contributed by atoms with E-state index in [0.29, 0.717) is 0 Å². The van der Waals surface area contributed by atoms with E-state index < -0.39 is 8.32 Å². The lowest BCUT2D eigenvalue weighted by Gasteiger charge is -2.34. The van der Waals surface area contributed by atoms with Gasteiger partial charge in [-0.3, -0.25) is 0 Å². The maximum atomic E-state index is 6.14. The highest BCUT2D eigenvalue weighted by Crippen LogP contribution is 2.26. The average Bonchev–Trinajstić information content (AvgIpc) is 2.06. The van der Waals surface area contributed by atoms with E-state index >= 15 is 0 Å². The first-order chi connectivity index (χ1) is 6.44. The van der Waals surface area contributed by atoms with Crippen molar-refractivity contribution in [1.29, 1.82) is 0 Å². The van der Waals surface area contributed by atoms with Crippen LogP contribution in [0.25, 0.3) is 0 Å². The molecule has 0 saturated carbocycles. The van der Waals surface area contributed by atoms with Crippen molar-refractivity contribution in [2.24, 2.45) is 0 Å². The molecule has 0 aromatic rings. The normalized spacial score (nSPS) is 18.8. The molecule has 0 saturated heterocycles. The second-order valence-corrected chi connectivity index (χ2v) is 9.43. The molecule has 0 N–H and O–H groups in total. The summed E-state index contributed by atoms with van der Waals surface area (Å²) in [4.78, 5) is 2.28. The molecule has 0 unspecified atom stereocenters. The molecule has 0 aromatic carbocycles. The molecular formula is C11H23NOSi. The maximum Gasteiger partial charge on any atom is 0.244 e. The minimum Gasteiger partial charge on any atom is -0.533 e. The number of hydrogen-bond donors (Lipinski definition) is 0. The molecule has 1 rings (SSSR count). The van der Waals surface area contributed by atoms with Crippen molar-refractivity contribution in [3.63, 3.8) is 0 Å². The summed E-state index contributed by atoms with van der Waals surface area (Å²) in [5, 5.41) is 0. The SMILES string of the molecule is CCC1=C(O[Si](C)(C)C)N(C)CCC1. The van der Waals surface area contributed by atoms with Crippen LogP contribution in [-0.2, 0) is 4.43 Å². The average molecular weight is 213 g/mol. The van der Waals surface area contributed by atoms with Crippen LogP contribution in [0.15, 0.2) is 11.5 Å². The summed E-state index contributed by atoms with van der Waals surface area (Å²) in [7, 11) is 0.699. The Morgan fingerprint density at radius 1 is 1.36 bits per heavy atom. The molecule has 0 radical (unpaired) electrons. The molecule has 1 aliphatic heterocycles. The zero-order chi connectivity index (χ0) is 10.8. The molecule has 0 bridgehead atoms. The lowest BCUT2D eigenvalue weighted by molar-refractivity contribution is 0.218. The van der Waals surface area contributed by atoms with E-state index in [0.717, 1.165) is 13.0 Å². The van der Waals surface area contributed by atoms with E-state index in [4.69, 9.17) is 4.43 Å². The molecule has 82 valence electrons. The number of rotatable bonds is 3. The zero-order valence-electron chi connectivity index (χ0n) is 10.2. The quantitative estimate of drug-likeness (QED) is 0.668. The van der Waals surface area contributed by atoms with Crippen molar-refractivity contribution < 1.29 is 4.43 Å². The predicted molar refractivity (Wildman–Crippen MR) is 63.6 cm³/mol. The highest BCUT2D eigenvalue weighted by molar-refractivity contribution is 6.70. The third-order valence-electron chi connectivity index (χ3n) is 2.45. The molecule has 1 aliphatic rings. The van der Waals surface area contributed by atoms with Gasteiger partial charge in [-0.05, 0) is 44.5 Å². The fourth-order valence-electron chi connectivity index (χ4n) is 1.78. The molecule has 14 heavy (non-hydrogen) atoms. The fourth-order valence-corrected chi connectivity index (χ4v) is 2.66. The van der Waals surface area contributed by atoms with Crippen LogP contribution < -0.4 is 0 Å². The standard InChI is InChI=1S/C11H23NOSi/c1-6-10-8-7-9-12(2)11(10)13-14(3,4)5/h6-9H2,1-5H3. The summed E-state index contributed by atoms with van der Waals surface area (Å²) in [6.07, 6.45) is 3.63. The van der Waals surface area contributed by atoms with Crippen LogP contribution in [-0.4, -0.2) is 26.8 Å². The van der Waals surface area contributed by atoms with Gasteiger partial charge in [-0.2, -0.15) is 0 Å². The minimum absolute atomic E-state index is 1.13. The van der Waals surface area contributed by atoms with Crippen molar-refractivity contribution >= 4 is 8.32 Å². The van der Waals surface area contributed by atoms with Crippen molar-refractivity contribution in [1.82, 2.24) is 4.90 Å². The molecule has 0 amide bonds. The van der Waals surface area contributed by atoms with Gasteiger partial charge in [0.15, 0.2) is 5.88 Å². The van der Waals surface area contributed by atoms with Gasteiger partial charge in [0.25, 0.3) is 0 Å². The number of hydrogen-bond acceptors (Lipinski definition) is 2. The first kappa shape index (κ1) is 11.6. The molecule has 2 nitrogen and oxygen atoms in total. The fraction of sp³-hybridized carbons (Fsp3) is 0.818. The predicted octanol–water partition coefficient (Wildman–Crippen LogP) is 3.19. The lowest BCUT2D eigenvalue weighted by atomic mass is 10.0. The first-order valence-corrected chi connectivity index (χ1v) is 8.97. The lowest BCUT2D eigenvalue weighted by Crippen LogP contribution is -2.34.